The molecule has 1 aromatic carbocycles. The number of fused-ring (bicyclic) bond motifs is 3. The van der Waals surface area contributed by atoms with Crippen molar-refractivity contribution >= 4 is 11.8 Å². The number of benzene rings is 1. The fraction of sp³-hybridized carbons (Fsp3) is 0.588. The second kappa shape index (κ2) is 7.79. The highest BCUT2D eigenvalue weighted by Crippen LogP contribution is 2.19. The fourth-order valence-electron chi connectivity index (χ4n) is 3.59. The predicted molar refractivity (Wildman–Crippen MR) is 92.1 cm³/mol. The third-order valence-corrected chi connectivity index (χ3v) is 5.27. The van der Waals surface area contributed by atoms with Gasteiger partial charge in [0.2, 0.25) is 0 Å². The number of non-ortho nitro benzene ring substituents is 1. The molecule has 8 nitrogen and oxygen atoms in total. The van der Waals surface area contributed by atoms with Gasteiger partial charge < -0.3 is 14.5 Å². The maximum absolute atomic E-state index is 11.7. The Kier molecular flexibility index (Phi) is 5.50. The summed E-state index contributed by atoms with van der Waals surface area (Å²) in [5, 5.41) is 13.4. The van der Waals surface area contributed by atoms with Crippen molar-refractivity contribution in [3.05, 3.63) is 39.9 Å². The summed E-state index contributed by atoms with van der Waals surface area (Å²) in [6, 6.07) is 6.00. The first kappa shape index (κ1) is 17.6. The largest absolute Gasteiger partial charge is 0.445 e. The van der Waals surface area contributed by atoms with Gasteiger partial charge in [-0.05, 0) is 17.7 Å². The maximum Gasteiger partial charge on any atom is 0.407 e. The number of carbonyl (C=O) groups is 1. The number of amides is 1. The molecule has 3 aliphatic rings. The van der Waals surface area contributed by atoms with Crippen molar-refractivity contribution in [1.82, 2.24) is 10.2 Å². The number of nitro benzene ring substituents is 1. The number of nitrogens with one attached hydrogen (secondary N) is 1. The Hall–Kier alpha value is -2.19. The lowest BCUT2D eigenvalue weighted by molar-refractivity contribution is -0.941. The Morgan fingerprint density at radius 3 is 2.44 bits per heavy atom. The number of carbonyl (C=O) groups excluding carboxylic acids is 1. The molecule has 0 atom stereocenters. The van der Waals surface area contributed by atoms with E-state index < -0.39 is 11.0 Å². The molecule has 3 aliphatic heterocycles. The van der Waals surface area contributed by atoms with Gasteiger partial charge in [-0.2, -0.15) is 0 Å². The van der Waals surface area contributed by atoms with E-state index in [0.29, 0.717) is 6.54 Å². The van der Waals surface area contributed by atoms with E-state index in [4.69, 9.17) is 4.74 Å². The van der Waals surface area contributed by atoms with Gasteiger partial charge in [0.15, 0.2) is 0 Å². The van der Waals surface area contributed by atoms with E-state index in [1.54, 1.807) is 12.1 Å². The molecule has 1 aromatic rings. The first-order valence-corrected chi connectivity index (χ1v) is 8.78. The molecule has 8 heteroatoms. The fourth-order valence-corrected chi connectivity index (χ4v) is 3.59. The molecule has 0 saturated carbocycles. The van der Waals surface area contributed by atoms with Gasteiger partial charge in [0.25, 0.3) is 5.69 Å². The SMILES string of the molecule is O=C(NCCC[N+]12CCN(CC1)CC2)OCc1ccc([N+](=O)[O-])cc1. The number of ether oxygens (including phenoxy) is 1. The van der Waals surface area contributed by atoms with Crippen molar-refractivity contribution in [2.24, 2.45) is 0 Å². The molecule has 3 saturated heterocycles. The van der Waals surface area contributed by atoms with Crippen LogP contribution < -0.4 is 5.32 Å². The number of hydrogen-bond acceptors (Lipinski definition) is 5. The Morgan fingerprint density at radius 2 is 1.84 bits per heavy atom. The van der Waals surface area contributed by atoms with E-state index in [1.807, 2.05) is 0 Å². The van der Waals surface area contributed by atoms with Gasteiger partial charge in [-0.1, -0.05) is 0 Å². The lowest BCUT2D eigenvalue weighted by Gasteiger charge is -2.50. The van der Waals surface area contributed by atoms with Gasteiger partial charge in [-0.15, -0.1) is 0 Å². The van der Waals surface area contributed by atoms with Crippen LogP contribution in [0.3, 0.4) is 0 Å². The van der Waals surface area contributed by atoms with Crippen LogP contribution in [0.15, 0.2) is 24.3 Å². The van der Waals surface area contributed by atoms with Crippen LogP contribution in [0.1, 0.15) is 12.0 Å². The first-order valence-electron chi connectivity index (χ1n) is 8.78. The summed E-state index contributed by atoms with van der Waals surface area (Å²) in [7, 11) is 0. The summed E-state index contributed by atoms with van der Waals surface area (Å²) in [6.07, 6.45) is 0.508. The minimum atomic E-state index is -0.453. The summed E-state index contributed by atoms with van der Waals surface area (Å²) in [5.41, 5.74) is 0.754. The van der Waals surface area contributed by atoms with Crippen molar-refractivity contribution in [2.75, 3.05) is 52.4 Å². The molecule has 0 radical (unpaired) electrons. The molecule has 136 valence electrons. The molecule has 1 amide bonds. The van der Waals surface area contributed by atoms with Crippen molar-refractivity contribution in [1.29, 1.82) is 0 Å². The molecule has 0 spiro atoms. The zero-order valence-electron chi connectivity index (χ0n) is 14.4. The van der Waals surface area contributed by atoms with E-state index in [-0.39, 0.29) is 12.3 Å². The molecule has 2 bridgehead atoms. The van der Waals surface area contributed by atoms with Gasteiger partial charge in [-0.3, -0.25) is 15.0 Å². The van der Waals surface area contributed by atoms with E-state index in [9.17, 15) is 14.9 Å². The van der Waals surface area contributed by atoms with Crippen LogP contribution in [-0.4, -0.2) is 72.8 Å². The molecule has 1 N–H and O–H groups in total. The van der Waals surface area contributed by atoms with Crippen molar-refractivity contribution in [2.45, 2.75) is 13.0 Å². The topological polar surface area (TPSA) is 84.7 Å². The van der Waals surface area contributed by atoms with Gasteiger partial charge in [-0.25, -0.2) is 4.79 Å². The second-order valence-corrected chi connectivity index (χ2v) is 6.86. The predicted octanol–water partition coefficient (Wildman–Crippen LogP) is 1.36. The molecular formula is C17H25N4O4+. The molecule has 0 unspecified atom stereocenters. The lowest BCUT2D eigenvalue weighted by Crippen LogP contribution is -2.67. The summed E-state index contributed by atoms with van der Waals surface area (Å²) in [5.74, 6) is 0. The summed E-state index contributed by atoms with van der Waals surface area (Å²) >= 11 is 0. The molecule has 3 fully saturated rings. The third-order valence-electron chi connectivity index (χ3n) is 5.27. The average molecular weight is 349 g/mol. The Morgan fingerprint density at radius 1 is 1.20 bits per heavy atom. The van der Waals surface area contributed by atoms with Crippen LogP contribution in [0.2, 0.25) is 0 Å². The smallest absolute Gasteiger partial charge is 0.407 e. The van der Waals surface area contributed by atoms with Gasteiger partial charge in [0.05, 0.1) is 31.1 Å². The van der Waals surface area contributed by atoms with Crippen LogP contribution in [0.4, 0.5) is 10.5 Å². The molecule has 0 aliphatic carbocycles. The van der Waals surface area contributed by atoms with Crippen LogP contribution in [-0.2, 0) is 11.3 Å². The highest BCUT2D eigenvalue weighted by atomic mass is 16.6. The van der Waals surface area contributed by atoms with E-state index in [1.165, 1.54) is 55.9 Å². The number of nitrogens with zero attached hydrogens (tertiary/aromatic N) is 3. The van der Waals surface area contributed by atoms with Crippen LogP contribution >= 0.6 is 0 Å². The summed E-state index contributed by atoms with van der Waals surface area (Å²) in [4.78, 5) is 24.4. The van der Waals surface area contributed by atoms with Crippen molar-refractivity contribution < 1.29 is 18.9 Å². The summed E-state index contributed by atoms with van der Waals surface area (Å²) < 4.78 is 6.34. The highest BCUT2D eigenvalue weighted by Gasteiger charge is 2.37. The van der Waals surface area contributed by atoms with Crippen LogP contribution in [0.5, 0.6) is 0 Å². The zero-order chi connectivity index (χ0) is 17.7. The molecule has 0 aromatic heterocycles. The number of rotatable bonds is 7. The average Bonchev–Trinajstić information content (AvgIpc) is 2.65. The Balaban J connectivity index is 1.32. The number of alkyl carbamates (subject to hydrolysis) is 1. The molecule has 25 heavy (non-hydrogen) atoms. The maximum atomic E-state index is 11.7. The van der Waals surface area contributed by atoms with Crippen molar-refractivity contribution in [3.8, 4) is 0 Å². The number of quaternary nitrogens is 1. The second-order valence-electron chi connectivity index (χ2n) is 6.86. The van der Waals surface area contributed by atoms with E-state index >= 15 is 0 Å². The van der Waals surface area contributed by atoms with Gasteiger partial charge in [0.1, 0.15) is 6.61 Å². The van der Waals surface area contributed by atoms with Gasteiger partial charge >= 0.3 is 6.09 Å². The van der Waals surface area contributed by atoms with Gasteiger partial charge in [0, 0.05) is 44.7 Å². The standard InChI is InChI=1S/C17H24N4O4/c22-17(25-14-15-2-4-16(5-3-15)20(23)24)18-6-1-10-21-11-7-19(8-12-21)9-13-21/h2-5H,1,6-14H2/p+1. The Bertz CT molecular complexity index is 598. The molecule has 4 rings (SSSR count). The highest BCUT2D eigenvalue weighted by molar-refractivity contribution is 5.67. The van der Waals surface area contributed by atoms with Crippen LogP contribution in [0, 0.1) is 10.1 Å². The van der Waals surface area contributed by atoms with Crippen LogP contribution in [0.25, 0.3) is 0 Å². The summed E-state index contributed by atoms with van der Waals surface area (Å²) in [6.45, 7) is 9.11. The minimum Gasteiger partial charge on any atom is -0.445 e. The van der Waals surface area contributed by atoms with E-state index in [0.717, 1.165) is 18.5 Å². The monoisotopic (exact) mass is 349 g/mol. The number of piperazine rings is 3. The normalized spacial score (nSPS) is 24.7. The zero-order valence-corrected chi connectivity index (χ0v) is 14.4. The quantitative estimate of drug-likeness (QED) is 0.348. The lowest BCUT2D eigenvalue weighted by atomic mass is 10.1. The minimum absolute atomic E-state index is 0.0271. The third kappa shape index (κ3) is 4.67. The number of hydrogen-bond donors (Lipinski definition) is 1. The molecule has 3 heterocycles. The van der Waals surface area contributed by atoms with Crippen molar-refractivity contribution in [3.63, 3.8) is 0 Å². The molecular weight excluding hydrogens is 324 g/mol. The first-order chi connectivity index (χ1) is 12.1. The Labute approximate surface area is 147 Å². The number of nitro groups is 1. The van der Waals surface area contributed by atoms with E-state index in [2.05, 4.69) is 10.2 Å².